The number of carbonyl (C=O) groups excluding carboxylic acids is 1. The molecule has 0 aliphatic rings. The van der Waals surface area contributed by atoms with E-state index < -0.39 is 11.8 Å². The zero-order valence-electron chi connectivity index (χ0n) is 12.5. The molecule has 0 aliphatic carbocycles. The van der Waals surface area contributed by atoms with Crippen molar-refractivity contribution in [2.45, 2.75) is 0 Å². The highest BCUT2D eigenvalue weighted by Gasteiger charge is 2.12. The first-order valence-electron chi connectivity index (χ1n) is 6.51. The monoisotopic (exact) mass is 384 g/mol. The summed E-state index contributed by atoms with van der Waals surface area (Å²) in [7, 11) is 2.75. The Morgan fingerprint density at radius 3 is 2.48 bits per heavy atom. The summed E-state index contributed by atoms with van der Waals surface area (Å²) in [5.74, 6) is -0.0457. The molecular weight excluding hydrogens is 371 g/mol. The molecule has 0 amide bonds. The van der Waals surface area contributed by atoms with Gasteiger partial charge in [-0.15, -0.1) is 0 Å². The van der Waals surface area contributed by atoms with Crippen molar-refractivity contribution in [3.8, 4) is 17.2 Å². The molecule has 0 fully saturated rings. The highest BCUT2D eigenvalue weighted by Crippen LogP contribution is 2.29. The lowest BCUT2D eigenvalue weighted by atomic mass is 10.2. The Labute approximate surface area is 141 Å². The third-order valence-electron chi connectivity index (χ3n) is 2.77. The summed E-state index contributed by atoms with van der Waals surface area (Å²) in [6.45, 7) is 0.0109. The molecule has 0 aromatic heterocycles. The predicted molar refractivity (Wildman–Crippen MR) is 84.5 cm³/mol. The van der Waals surface area contributed by atoms with Crippen LogP contribution in [0, 0.1) is 5.82 Å². The Hall–Kier alpha value is -2.12. The van der Waals surface area contributed by atoms with Crippen LogP contribution in [0.1, 0.15) is 10.4 Å². The van der Waals surface area contributed by atoms with Crippen LogP contribution < -0.4 is 9.47 Å². The molecule has 0 unspecified atom stereocenters. The number of ether oxygens (including phenoxy) is 4. The number of hydrogen-bond acceptors (Lipinski definition) is 5. The normalized spacial score (nSPS) is 10.3. The van der Waals surface area contributed by atoms with Gasteiger partial charge in [-0.3, -0.25) is 0 Å². The van der Waals surface area contributed by atoms with Gasteiger partial charge in [0.05, 0.1) is 17.1 Å². The van der Waals surface area contributed by atoms with Gasteiger partial charge in [-0.05, 0) is 40.2 Å². The summed E-state index contributed by atoms with van der Waals surface area (Å²) in [5.41, 5.74) is 0.244. The van der Waals surface area contributed by atoms with Gasteiger partial charge < -0.3 is 18.9 Å². The quantitative estimate of drug-likeness (QED) is 0.553. The molecule has 0 bridgehead atoms. The smallest absolute Gasteiger partial charge is 0.338 e. The van der Waals surface area contributed by atoms with Crippen LogP contribution in [0.5, 0.6) is 17.2 Å². The molecule has 0 radical (unpaired) electrons. The maximum absolute atomic E-state index is 13.5. The zero-order valence-corrected chi connectivity index (χ0v) is 14.1. The average molecular weight is 385 g/mol. The summed E-state index contributed by atoms with van der Waals surface area (Å²) in [6, 6.07) is 8.88. The first kappa shape index (κ1) is 17.2. The minimum Gasteiger partial charge on any atom is -0.467 e. The van der Waals surface area contributed by atoms with Crippen LogP contribution in [-0.4, -0.2) is 27.0 Å². The van der Waals surface area contributed by atoms with E-state index in [0.717, 1.165) is 0 Å². The summed E-state index contributed by atoms with van der Waals surface area (Å²) >= 11 is 3.07. The maximum Gasteiger partial charge on any atom is 0.338 e. The van der Waals surface area contributed by atoms with Crippen molar-refractivity contribution in [2.75, 3.05) is 21.0 Å². The Morgan fingerprint density at radius 1 is 1.09 bits per heavy atom. The molecule has 2 aromatic carbocycles. The number of rotatable bonds is 6. The maximum atomic E-state index is 13.5. The van der Waals surface area contributed by atoms with E-state index in [1.807, 2.05) is 0 Å². The average Bonchev–Trinajstić information content (AvgIpc) is 2.55. The molecule has 0 saturated carbocycles. The molecular formula is C16H14BrFO5. The summed E-state index contributed by atoms with van der Waals surface area (Å²) in [4.78, 5) is 11.7. The van der Waals surface area contributed by atoms with E-state index >= 15 is 0 Å². The van der Waals surface area contributed by atoms with Gasteiger partial charge in [0.25, 0.3) is 0 Å². The second-order valence-electron chi connectivity index (χ2n) is 4.41. The van der Waals surface area contributed by atoms with Gasteiger partial charge in [0, 0.05) is 19.2 Å². The fourth-order valence-corrected chi connectivity index (χ4v) is 2.00. The third-order valence-corrected chi connectivity index (χ3v) is 3.41. The fourth-order valence-electron chi connectivity index (χ4n) is 1.75. The van der Waals surface area contributed by atoms with Gasteiger partial charge >= 0.3 is 5.97 Å². The van der Waals surface area contributed by atoms with Crippen LogP contribution in [0.25, 0.3) is 0 Å². The van der Waals surface area contributed by atoms with Gasteiger partial charge in [-0.1, -0.05) is 0 Å². The second-order valence-corrected chi connectivity index (χ2v) is 5.27. The minimum atomic E-state index is -0.542. The SMILES string of the molecule is COCOc1cc(Oc2ccc(Br)c(F)c2)cc(C(=O)OC)c1. The molecule has 2 aromatic rings. The number of carbonyl (C=O) groups is 1. The molecule has 0 N–H and O–H groups in total. The highest BCUT2D eigenvalue weighted by molar-refractivity contribution is 9.10. The molecule has 0 aliphatic heterocycles. The molecule has 7 heteroatoms. The molecule has 122 valence electrons. The van der Waals surface area contributed by atoms with Crippen LogP contribution in [-0.2, 0) is 9.47 Å². The number of hydrogen-bond donors (Lipinski definition) is 0. The van der Waals surface area contributed by atoms with Crippen molar-refractivity contribution in [3.05, 3.63) is 52.3 Å². The van der Waals surface area contributed by atoms with Gasteiger partial charge in [-0.25, -0.2) is 9.18 Å². The molecule has 23 heavy (non-hydrogen) atoms. The van der Waals surface area contributed by atoms with Crippen LogP contribution in [0.4, 0.5) is 4.39 Å². The van der Waals surface area contributed by atoms with Crippen molar-refractivity contribution in [2.24, 2.45) is 0 Å². The van der Waals surface area contributed by atoms with E-state index in [0.29, 0.717) is 16.0 Å². The van der Waals surface area contributed by atoms with E-state index in [1.54, 1.807) is 12.1 Å². The molecule has 0 atom stereocenters. The Kier molecular flexibility index (Phi) is 5.95. The van der Waals surface area contributed by atoms with Crippen molar-refractivity contribution in [1.82, 2.24) is 0 Å². The summed E-state index contributed by atoms with van der Waals surface area (Å²) in [6.07, 6.45) is 0. The molecule has 0 saturated heterocycles. The highest BCUT2D eigenvalue weighted by atomic mass is 79.9. The Balaban J connectivity index is 2.31. The predicted octanol–water partition coefficient (Wildman–Crippen LogP) is 4.15. The van der Waals surface area contributed by atoms with Crippen LogP contribution in [0.2, 0.25) is 0 Å². The van der Waals surface area contributed by atoms with Crippen molar-refractivity contribution in [3.63, 3.8) is 0 Å². The zero-order chi connectivity index (χ0) is 16.8. The van der Waals surface area contributed by atoms with E-state index in [4.69, 9.17) is 14.2 Å². The first-order valence-corrected chi connectivity index (χ1v) is 7.31. The molecule has 5 nitrogen and oxygen atoms in total. The molecule has 2 rings (SSSR count). The molecule has 0 spiro atoms. The Bertz CT molecular complexity index is 705. The van der Waals surface area contributed by atoms with E-state index in [-0.39, 0.29) is 18.1 Å². The van der Waals surface area contributed by atoms with E-state index in [2.05, 4.69) is 20.7 Å². The third kappa shape index (κ3) is 4.67. The topological polar surface area (TPSA) is 54.0 Å². The van der Waals surface area contributed by atoms with Gasteiger partial charge in [-0.2, -0.15) is 0 Å². The van der Waals surface area contributed by atoms with E-state index in [9.17, 15) is 9.18 Å². The number of esters is 1. The van der Waals surface area contributed by atoms with Crippen LogP contribution in [0.3, 0.4) is 0 Å². The minimum absolute atomic E-state index is 0.0109. The summed E-state index contributed by atoms with van der Waals surface area (Å²) in [5, 5.41) is 0. The Morgan fingerprint density at radius 2 is 1.83 bits per heavy atom. The van der Waals surface area contributed by atoms with Crippen LogP contribution in [0.15, 0.2) is 40.9 Å². The number of halogens is 2. The standard InChI is InChI=1S/C16H14BrFO5/c1-20-9-22-12-5-10(16(19)21-2)6-13(7-12)23-11-3-4-14(17)15(18)8-11/h3-8H,9H2,1-2H3. The first-order chi connectivity index (χ1) is 11.0. The van der Waals surface area contributed by atoms with Gasteiger partial charge in [0.15, 0.2) is 6.79 Å². The van der Waals surface area contributed by atoms with Crippen LogP contribution >= 0.6 is 15.9 Å². The second kappa shape index (κ2) is 7.94. The number of methoxy groups -OCH3 is 2. The summed E-state index contributed by atoms with van der Waals surface area (Å²) < 4.78 is 34.3. The molecule has 0 heterocycles. The van der Waals surface area contributed by atoms with Crippen molar-refractivity contribution >= 4 is 21.9 Å². The van der Waals surface area contributed by atoms with Gasteiger partial charge in [0.2, 0.25) is 0 Å². The fraction of sp³-hybridized carbons (Fsp3) is 0.188. The van der Waals surface area contributed by atoms with E-state index in [1.165, 1.54) is 38.5 Å². The lowest BCUT2D eigenvalue weighted by Gasteiger charge is -2.11. The van der Waals surface area contributed by atoms with Crippen molar-refractivity contribution < 1.29 is 28.1 Å². The van der Waals surface area contributed by atoms with Gasteiger partial charge in [0.1, 0.15) is 23.1 Å². The van der Waals surface area contributed by atoms with Crippen molar-refractivity contribution in [1.29, 1.82) is 0 Å². The lowest BCUT2D eigenvalue weighted by molar-refractivity contribution is 0.0502. The lowest BCUT2D eigenvalue weighted by Crippen LogP contribution is -2.04. The number of benzene rings is 2. The largest absolute Gasteiger partial charge is 0.467 e.